The lowest BCUT2D eigenvalue weighted by Crippen LogP contribution is -2.33. The SMILES string of the molecule is CC(C)N(C)S(=O)(=O)c1cccc(C(=O)N2CCC(CN)C2)c1. The van der Waals surface area contributed by atoms with Crippen LogP contribution < -0.4 is 5.73 Å². The fourth-order valence-corrected chi connectivity index (χ4v) is 4.04. The fourth-order valence-electron chi connectivity index (χ4n) is 2.63. The van der Waals surface area contributed by atoms with Crippen LogP contribution in [-0.2, 0) is 10.0 Å². The molecule has 0 spiro atoms. The number of rotatable bonds is 5. The second kappa shape index (κ2) is 6.98. The monoisotopic (exact) mass is 339 g/mol. The Morgan fingerprint density at radius 2 is 2.13 bits per heavy atom. The molecule has 6 nitrogen and oxygen atoms in total. The highest BCUT2D eigenvalue weighted by molar-refractivity contribution is 7.89. The van der Waals surface area contributed by atoms with E-state index >= 15 is 0 Å². The maximum Gasteiger partial charge on any atom is 0.253 e. The van der Waals surface area contributed by atoms with Gasteiger partial charge in [0.2, 0.25) is 10.0 Å². The van der Waals surface area contributed by atoms with Gasteiger partial charge in [-0.3, -0.25) is 4.79 Å². The number of hydrogen-bond acceptors (Lipinski definition) is 4. The van der Waals surface area contributed by atoms with Crippen molar-refractivity contribution in [1.82, 2.24) is 9.21 Å². The zero-order valence-corrected chi connectivity index (χ0v) is 14.7. The Morgan fingerprint density at radius 3 is 2.70 bits per heavy atom. The largest absolute Gasteiger partial charge is 0.338 e. The van der Waals surface area contributed by atoms with Crippen molar-refractivity contribution in [3.63, 3.8) is 0 Å². The second-order valence-electron chi connectivity index (χ2n) is 6.28. The number of likely N-dealkylation sites (tertiary alicyclic amines) is 1. The van der Waals surface area contributed by atoms with E-state index in [-0.39, 0.29) is 16.8 Å². The van der Waals surface area contributed by atoms with Gasteiger partial charge in [0.1, 0.15) is 0 Å². The van der Waals surface area contributed by atoms with Gasteiger partial charge >= 0.3 is 0 Å². The highest BCUT2D eigenvalue weighted by atomic mass is 32.2. The van der Waals surface area contributed by atoms with E-state index in [0.29, 0.717) is 31.1 Å². The highest BCUT2D eigenvalue weighted by Gasteiger charge is 2.28. The predicted octanol–water partition coefficient (Wildman–Crippen LogP) is 1.14. The van der Waals surface area contributed by atoms with E-state index in [9.17, 15) is 13.2 Å². The lowest BCUT2D eigenvalue weighted by molar-refractivity contribution is 0.0787. The van der Waals surface area contributed by atoms with Crippen molar-refractivity contribution in [3.8, 4) is 0 Å². The van der Waals surface area contributed by atoms with Crippen LogP contribution in [0.2, 0.25) is 0 Å². The lowest BCUT2D eigenvalue weighted by atomic mass is 10.1. The van der Waals surface area contributed by atoms with Crippen LogP contribution in [0.5, 0.6) is 0 Å². The summed E-state index contributed by atoms with van der Waals surface area (Å²) >= 11 is 0. The summed E-state index contributed by atoms with van der Waals surface area (Å²) in [6, 6.07) is 6.12. The van der Waals surface area contributed by atoms with E-state index < -0.39 is 10.0 Å². The standard InChI is InChI=1S/C16H25N3O3S/c1-12(2)18(3)23(21,22)15-6-4-5-14(9-15)16(20)19-8-7-13(10-17)11-19/h4-6,9,12-13H,7-8,10-11,17H2,1-3H3. The average Bonchev–Trinajstić information content (AvgIpc) is 3.02. The van der Waals surface area contributed by atoms with Crippen LogP contribution in [0.4, 0.5) is 0 Å². The zero-order chi connectivity index (χ0) is 17.2. The molecule has 1 fully saturated rings. The van der Waals surface area contributed by atoms with Crippen molar-refractivity contribution < 1.29 is 13.2 Å². The molecule has 0 radical (unpaired) electrons. The van der Waals surface area contributed by atoms with Crippen LogP contribution in [0.3, 0.4) is 0 Å². The summed E-state index contributed by atoms with van der Waals surface area (Å²) in [7, 11) is -2.05. The molecule has 1 aromatic carbocycles. The number of carbonyl (C=O) groups is 1. The molecule has 2 rings (SSSR count). The van der Waals surface area contributed by atoms with Crippen LogP contribution in [0.15, 0.2) is 29.2 Å². The van der Waals surface area contributed by atoms with Crippen LogP contribution >= 0.6 is 0 Å². The minimum absolute atomic E-state index is 0.134. The summed E-state index contributed by atoms with van der Waals surface area (Å²) in [4.78, 5) is 14.5. The topological polar surface area (TPSA) is 83.7 Å². The van der Waals surface area contributed by atoms with E-state index in [4.69, 9.17) is 5.73 Å². The van der Waals surface area contributed by atoms with Crippen molar-refractivity contribution in [2.45, 2.75) is 31.2 Å². The third-order valence-corrected chi connectivity index (χ3v) is 6.42. The molecule has 0 aliphatic carbocycles. The van der Waals surface area contributed by atoms with Gasteiger partial charge in [-0.15, -0.1) is 0 Å². The molecule has 1 unspecified atom stereocenters. The van der Waals surface area contributed by atoms with Gasteiger partial charge in [-0.05, 0) is 50.9 Å². The molecule has 128 valence electrons. The molecule has 23 heavy (non-hydrogen) atoms. The molecule has 7 heteroatoms. The number of sulfonamides is 1. The Hall–Kier alpha value is -1.44. The summed E-state index contributed by atoms with van der Waals surface area (Å²) in [6.07, 6.45) is 0.899. The van der Waals surface area contributed by atoms with Gasteiger partial charge in [-0.1, -0.05) is 6.07 Å². The molecular weight excluding hydrogens is 314 g/mol. The summed E-state index contributed by atoms with van der Waals surface area (Å²) in [5.41, 5.74) is 6.06. The van der Waals surface area contributed by atoms with E-state index in [1.165, 1.54) is 16.4 Å². The second-order valence-corrected chi connectivity index (χ2v) is 8.28. The molecule has 1 aliphatic rings. The first-order valence-corrected chi connectivity index (χ1v) is 9.28. The van der Waals surface area contributed by atoms with Crippen LogP contribution in [0.25, 0.3) is 0 Å². The van der Waals surface area contributed by atoms with Gasteiger partial charge in [0.05, 0.1) is 4.90 Å². The first-order chi connectivity index (χ1) is 10.8. The van der Waals surface area contributed by atoms with E-state index in [0.717, 1.165) is 6.42 Å². The number of amides is 1. The average molecular weight is 339 g/mol. The predicted molar refractivity (Wildman–Crippen MR) is 89.6 cm³/mol. The summed E-state index contributed by atoms with van der Waals surface area (Å²) in [6.45, 7) is 5.49. The maximum atomic E-state index is 12.6. The quantitative estimate of drug-likeness (QED) is 0.872. The zero-order valence-electron chi connectivity index (χ0n) is 13.9. The molecule has 1 aromatic rings. The molecule has 1 heterocycles. The minimum Gasteiger partial charge on any atom is -0.338 e. The van der Waals surface area contributed by atoms with Crippen LogP contribution in [0.1, 0.15) is 30.6 Å². The van der Waals surface area contributed by atoms with E-state index in [1.54, 1.807) is 24.1 Å². The van der Waals surface area contributed by atoms with E-state index in [1.807, 2.05) is 13.8 Å². The van der Waals surface area contributed by atoms with Gasteiger partial charge in [0.25, 0.3) is 5.91 Å². The molecule has 0 bridgehead atoms. The first kappa shape index (κ1) is 17.9. The van der Waals surface area contributed by atoms with Gasteiger partial charge in [-0.25, -0.2) is 8.42 Å². The Balaban J connectivity index is 2.25. The van der Waals surface area contributed by atoms with Gasteiger partial charge in [-0.2, -0.15) is 4.31 Å². The molecule has 1 saturated heterocycles. The molecule has 2 N–H and O–H groups in total. The number of carbonyl (C=O) groups excluding carboxylic acids is 1. The molecule has 0 saturated carbocycles. The smallest absolute Gasteiger partial charge is 0.253 e. The van der Waals surface area contributed by atoms with Crippen LogP contribution in [-0.4, -0.2) is 56.3 Å². The Labute approximate surface area is 138 Å². The Morgan fingerprint density at radius 1 is 1.43 bits per heavy atom. The minimum atomic E-state index is -3.59. The molecule has 1 aliphatic heterocycles. The van der Waals surface area contributed by atoms with Crippen molar-refractivity contribution in [2.24, 2.45) is 11.7 Å². The molecular formula is C16H25N3O3S. The number of benzene rings is 1. The van der Waals surface area contributed by atoms with Gasteiger partial charge in [0.15, 0.2) is 0 Å². The highest BCUT2D eigenvalue weighted by Crippen LogP contribution is 2.21. The summed E-state index contributed by atoms with van der Waals surface area (Å²) in [5.74, 6) is 0.197. The third-order valence-electron chi connectivity index (χ3n) is 4.39. The maximum absolute atomic E-state index is 12.6. The molecule has 1 amide bonds. The first-order valence-electron chi connectivity index (χ1n) is 7.84. The molecule has 0 aromatic heterocycles. The van der Waals surface area contributed by atoms with Crippen molar-refractivity contribution >= 4 is 15.9 Å². The van der Waals surface area contributed by atoms with Crippen molar-refractivity contribution in [1.29, 1.82) is 0 Å². The van der Waals surface area contributed by atoms with E-state index in [2.05, 4.69) is 0 Å². The third kappa shape index (κ3) is 3.73. The Kier molecular flexibility index (Phi) is 5.44. The summed E-state index contributed by atoms with van der Waals surface area (Å²) in [5, 5.41) is 0. The molecule has 1 atom stereocenters. The van der Waals surface area contributed by atoms with Crippen LogP contribution in [0, 0.1) is 5.92 Å². The van der Waals surface area contributed by atoms with Gasteiger partial charge < -0.3 is 10.6 Å². The number of nitrogens with two attached hydrogens (primary N) is 1. The summed E-state index contributed by atoms with van der Waals surface area (Å²) < 4.78 is 26.4. The fraction of sp³-hybridized carbons (Fsp3) is 0.562. The lowest BCUT2D eigenvalue weighted by Gasteiger charge is -2.22. The Bertz CT molecular complexity index is 673. The van der Waals surface area contributed by atoms with Crippen molar-refractivity contribution in [2.75, 3.05) is 26.7 Å². The van der Waals surface area contributed by atoms with Crippen molar-refractivity contribution in [3.05, 3.63) is 29.8 Å². The van der Waals surface area contributed by atoms with Gasteiger partial charge in [0, 0.05) is 31.7 Å². The normalized spacial score (nSPS) is 18.9. The number of hydrogen-bond donors (Lipinski definition) is 1. The number of nitrogens with zero attached hydrogens (tertiary/aromatic N) is 2.